The third kappa shape index (κ3) is 6.85. The van der Waals surface area contributed by atoms with Gasteiger partial charge in [-0.3, -0.25) is 4.79 Å². The van der Waals surface area contributed by atoms with Crippen LogP contribution >= 0.6 is 11.8 Å². The molecule has 2 N–H and O–H groups in total. The van der Waals surface area contributed by atoms with Gasteiger partial charge in [-0.05, 0) is 55.5 Å². The summed E-state index contributed by atoms with van der Waals surface area (Å²) in [4.78, 5) is 13.9. The van der Waals surface area contributed by atoms with Crippen molar-refractivity contribution in [2.24, 2.45) is 0 Å². The van der Waals surface area contributed by atoms with E-state index in [1.54, 1.807) is 68.4 Å². The van der Waals surface area contributed by atoms with E-state index in [1.807, 2.05) is 0 Å². The molecule has 1 amide bonds. The van der Waals surface area contributed by atoms with Gasteiger partial charge in [0, 0.05) is 28.8 Å². The van der Waals surface area contributed by atoms with Gasteiger partial charge in [0.15, 0.2) is 4.90 Å². The van der Waals surface area contributed by atoms with E-state index in [4.69, 9.17) is 9.47 Å². The number of hydrogen-bond acceptors (Lipinski definition) is 6. The summed E-state index contributed by atoms with van der Waals surface area (Å²) in [5, 5.41) is 2.88. The first-order valence-corrected chi connectivity index (χ1v) is 12.1. The second-order valence-corrected chi connectivity index (χ2v) is 9.30. The third-order valence-corrected chi connectivity index (χ3v) is 6.70. The van der Waals surface area contributed by atoms with E-state index < -0.39 is 11.4 Å². The summed E-state index contributed by atoms with van der Waals surface area (Å²) < 4.78 is 26.2. The fourth-order valence-corrected chi connectivity index (χ4v) is 4.55. The molecule has 0 spiro atoms. The maximum atomic E-state index is 12.7. The Bertz CT molecular complexity index is 1030. The topological polar surface area (TPSA) is 82.7 Å². The van der Waals surface area contributed by atoms with Gasteiger partial charge < -0.3 is 19.3 Å². The molecule has 0 radical (unpaired) electrons. The minimum atomic E-state index is -1.51. The number of thioether (sulfide) groups is 1. The highest BCUT2D eigenvalue weighted by Gasteiger charge is 2.16. The van der Waals surface area contributed by atoms with Crippen LogP contribution in [0.1, 0.15) is 12.0 Å². The Morgan fingerprint density at radius 1 is 1.00 bits per heavy atom. The number of methoxy groups -OCH3 is 2. The van der Waals surface area contributed by atoms with Crippen LogP contribution in [0.15, 0.2) is 76.5 Å². The average Bonchev–Trinajstić information content (AvgIpc) is 2.80. The molecule has 0 fully saturated rings. The van der Waals surface area contributed by atoms with E-state index in [9.17, 15) is 9.35 Å². The number of ether oxygens (including phenoxy) is 2. The highest BCUT2D eigenvalue weighted by atomic mass is 32.2. The van der Waals surface area contributed by atoms with Gasteiger partial charge in [-0.25, -0.2) is 0 Å². The lowest BCUT2D eigenvalue weighted by atomic mass is 10.2. The van der Waals surface area contributed by atoms with Crippen LogP contribution in [0.25, 0.3) is 0 Å². The van der Waals surface area contributed by atoms with Gasteiger partial charge in [0.1, 0.15) is 28.5 Å². The lowest BCUT2D eigenvalue weighted by Crippen LogP contribution is -2.15. The number of benzene rings is 3. The van der Waals surface area contributed by atoms with Gasteiger partial charge in [0.25, 0.3) is 0 Å². The Kier molecular flexibility index (Phi) is 8.72. The average molecular weight is 471 g/mol. The largest absolute Gasteiger partial charge is 0.588 e. The number of anilines is 2. The molecule has 0 aliphatic carbocycles. The van der Waals surface area contributed by atoms with Crippen LogP contribution in [-0.2, 0) is 16.2 Å². The van der Waals surface area contributed by atoms with Crippen molar-refractivity contribution in [2.45, 2.75) is 23.1 Å². The Labute approximate surface area is 196 Å². The van der Waals surface area contributed by atoms with Gasteiger partial charge in [-0.2, -0.15) is 4.72 Å². The van der Waals surface area contributed by atoms with Crippen LogP contribution in [0.2, 0.25) is 0 Å². The van der Waals surface area contributed by atoms with Gasteiger partial charge in [-0.1, -0.05) is 17.7 Å². The molecule has 0 saturated heterocycles. The molecule has 0 aromatic heterocycles. The summed E-state index contributed by atoms with van der Waals surface area (Å²) in [6, 6.07) is 20.4. The van der Waals surface area contributed by atoms with Crippen molar-refractivity contribution in [2.75, 3.05) is 30.0 Å². The molecule has 3 rings (SSSR count). The van der Waals surface area contributed by atoms with Crippen LogP contribution in [0.4, 0.5) is 11.4 Å². The standard InChI is InChI=1S/C24H26N2O4S2/c1-17-4-9-20(10-5-17)31-15-14-24(27)25-18-6-11-21(12-7-18)32(28)26-22-16-19(29-2)8-13-23(22)30-3/h4-13,16,26H,14-15H2,1-3H3,(H,25,27). The van der Waals surface area contributed by atoms with Crippen molar-refractivity contribution in [3.63, 3.8) is 0 Å². The van der Waals surface area contributed by atoms with Gasteiger partial charge >= 0.3 is 0 Å². The smallest absolute Gasteiger partial charge is 0.225 e. The molecule has 1 unspecified atom stereocenters. The number of hydrogen-bond donors (Lipinski definition) is 2. The lowest BCUT2D eigenvalue weighted by molar-refractivity contribution is -0.115. The highest BCUT2D eigenvalue weighted by Crippen LogP contribution is 2.31. The molecule has 1 atom stereocenters. The number of nitrogens with one attached hydrogen (secondary N) is 2. The normalized spacial score (nSPS) is 11.5. The molecule has 6 nitrogen and oxygen atoms in total. The Morgan fingerprint density at radius 3 is 2.38 bits per heavy atom. The molecule has 32 heavy (non-hydrogen) atoms. The molecule has 168 valence electrons. The summed E-state index contributed by atoms with van der Waals surface area (Å²) in [6.45, 7) is 2.05. The summed E-state index contributed by atoms with van der Waals surface area (Å²) in [5.41, 5.74) is 2.44. The zero-order valence-electron chi connectivity index (χ0n) is 18.2. The van der Waals surface area contributed by atoms with Gasteiger partial charge in [-0.15, -0.1) is 11.8 Å². The zero-order chi connectivity index (χ0) is 22.9. The molecule has 0 heterocycles. The predicted molar refractivity (Wildman–Crippen MR) is 131 cm³/mol. The maximum Gasteiger partial charge on any atom is 0.225 e. The van der Waals surface area contributed by atoms with Crippen molar-refractivity contribution in [3.05, 3.63) is 72.3 Å². The SMILES string of the molecule is COc1ccc(OC)c(N[S+]([O-])c2ccc(NC(=O)CCSc3ccc(C)cc3)cc2)c1. The first-order chi connectivity index (χ1) is 15.5. The van der Waals surface area contributed by atoms with Crippen molar-refractivity contribution in [1.82, 2.24) is 0 Å². The third-order valence-electron chi connectivity index (χ3n) is 4.58. The van der Waals surface area contributed by atoms with E-state index in [1.165, 1.54) is 5.56 Å². The minimum absolute atomic E-state index is 0.0577. The molecular weight excluding hydrogens is 444 g/mol. The Morgan fingerprint density at radius 2 is 1.72 bits per heavy atom. The quantitative estimate of drug-likeness (QED) is 0.310. The first kappa shape index (κ1) is 23.8. The molecule has 0 aliphatic heterocycles. The van der Waals surface area contributed by atoms with Gasteiger partial charge in [0.05, 0.1) is 14.2 Å². The number of rotatable bonds is 10. The number of aryl methyl sites for hydroxylation is 1. The van der Waals surface area contributed by atoms with E-state index in [2.05, 4.69) is 41.2 Å². The molecule has 0 saturated carbocycles. The van der Waals surface area contributed by atoms with Crippen molar-refractivity contribution in [3.8, 4) is 11.5 Å². The highest BCUT2D eigenvalue weighted by molar-refractivity contribution is 7.99. The molecule has 8 heteroatoms. The summed E-state index contributed by atoms with van der Waals surface area (Å²) in [7, 11) is 3.11. The van der Waals surface area contributed by atoms with Crippen LogP contribution in [0, 0.1) is 6.92 Å². The fraction of sp³-hybridized carbons (Fsp3) is 0.208. The van der Waals surface area contributed by atoms with E-state index in [0.717, 1.165) is 4.90 Å². The van der Waals surface area contributed by atoms with Crippen LogP contribution in [0.5, 0.6) is 11.5 Å². The summed E-state index contributed by atoms with van der Waals surface area (Å²) in [5.74, 6) is 1.83. The first-order valence-electron chi connectivity index (χ1n) is 9.98. The van der Waals surface area contributed by atoms with Crippen LogP contribution < -0.4 is 19.5 Å². The fourth-order valence-electron chi connectivity index (χ4n) is 2.83. The molecule has 3 aromatic carbocycles. The van der Waals surface area contributed by atoms with E-state index in [-0.39, 0.29) is 5.91 Å². The van der Waals surface area contributed by atoms with Crippen molar-refractivity contribution in [1.29, 1.82) is 0 Å². The second-order valence-electron chi connectivity index (χ2n) is 6.92. The summed E-state index contributed by atoms with van der Waals surface area (Å²) >= 11 is 0.145. The van der Waals surface area contributed by atoms with E-state index >= 15 is 0 Å². The lowest BCUT2D eigenvalue weighted by Gasteiger charge is -2.15. The Balaban J connectivity index is 1.51. The van der Waals surface area contributed by atoms with Crippen molar-refractivity contribution >= 4 is 40.4 Å². The van der Waals surface area contributed by atoms with Crippen LogP contribution in [0.3, 0.4) is 0 Å². The molecule has 0 bridgehead atoms. The second kappa shape index (κ2) is 11.7. The van der Waals surface area contributed by atoms with Gasteiger partial charge in [0.2, 0.25) is 5.91 Å². The zero-order valence-corrected chi connectivity index (χ0v) is 19.8. The number of amides is 1. The Hall–Kier alpha value is -2.81. The van der Waals surface area contributed by atoms with E-state index in [0.29, 0.717) is 39.9 Å². The van der Waals surface area contributed by atoms with Crippen molar-refractivity contribution < 1.29 is 18.8 Å². The minimum Gasteiger partial charge on any atom is -0.588 e. The maximum absolute atomic E-state index is 12.7. The van der Waals surface area contributed by atoms with Crippen LogP contribution in [-0.4, -0.2) is 30.4 Å². The predicted octanol–water partition coefficient (Wildman–Crippen LogP) is 5.27. The monoisotopic (exact) mass is 470 g/mol. The number of carbonyl (C=O) groups excluding carboxylic acids is 1. The summed E-state index contributed by atoms with van der Waals surface area (Å²) in [6.07, 6.45) is 0.406. The number of carbonyl (C=O) groups is 1. The molecule has 0 aliphatic rings. The molecule has 3 aromatic rings. The molecular formula is C24H26N2O4S2.